The van der Waals surface area contributed by atoms with Crippen LogP contribution in [0.15, 0.2) is 22.7 Å². The van der Waals surface area contributed by atoms with Crippen molar-refractivity contribution in [2.24, 2.45) is 5.92 Å². The van der Waals surface area contributed by atoms with Crippen molar-refractivity contribution in [2.45, 2.75) is 25.8 Å². The highest BCUT2D eigenvalue weighted by molar-refractivity contribution is 9.10. The largest absolute Gasteiger partial charge is 0.480 e. The number of nitrogens with one attached hydrogen (secondary N) is 1. The first kappa shape index (κ1) is 16.1. The number of piperidine rings is 1. The van der Waals surface area contributed by atoms with Gasteiger partial charge in [-0.3, -0.25) is 0 Å². The molecule has 21 heavy (non-hydrogen) atoms. The van der Waals surface area contributed by atoms with E-state index in [4.69, 9.17) is 11.6 Å². The lowest BCUT2D eigenvalue weighted by Gasteiger charge is -2.37. The first-order chi connectivity index (χ1) is 9.90. The number of amides is 2. The molecule has 114 valence electrons. The van der Waals surface area contributed by atoms with E-state index in [1.807, 2.05) is 6.92 Å². The number of anilines is 1. The molecule has 1 aliphatic rings. The van der Waals surface area contributed by atoms with Gasteiger partial charge in [0.1, 0.15) is 6.04 Å². The Balaban J connectivity index is 2.16. The van der Waals surface area contributed by atoms with Gasteiger partial charge in [0.25, 0.3) is 0 Å². The average Bonchev–Trinajstić information content (AvgIpc) is 2.41. The molecular weight excluding hydrogens is 360 g/mol. The van der Waals surface area contributed by atoms with Crippen molar-refractivity contribution in [2.75, 3.05) is 11.9 Å². The van der Waals surface area contributed by atoms with E-state index in [9.17, 15) is 14.7 Å². The SMILES string of the molecule is CC1CCCN(C(=O)Nc2ccc(Br)cc2Cl)C1C(=O)O. The van der Waals surface area contributed by atoms with Gasteiger partial charge in [-0.05, 0) is 37.0 Å². The highest BCUT2D eigenvalue weighted by Gasteiger charge is 2.37. The number of carbonyl (C=O) groups excluding carboxylic acids is 1. The number of carbonyl (C=O) groups is 2. The highest BCUT2D eigenvalue weighted by atomic mass is 79.9. The molecule has 1 fully saturated rings. The lowest BCUT2D eigenvalue weighted by atomic mass is 9.91. The van der Waals surface area contributed by atoms with Gasteiger partial charge in [0.2, 0.25) is 0 Å². The Bertz CT molecular complexity index is 567. The van der Waals surface area contributed by atoms with Crippen LogP contribution in [-0.4, -0.2) is 34.6 Å². The lowest BCUT2D eigenvalue weighted by molar-refractivity contribution is -0.145. The van der Waals surface area contributed by atoms with Gasteiger partial charge < -0.3 is 15.3 Å². The van der Waals surface area contributed by atoms with Gasteiger partial charge in [0, 0.05) is 11.0 Å². The van der Waals surface area contributed by atoms with Gasteiger partial charge in [0.05, 0.1) is 10.7 Å². The maximum Gasteiger partial charge on any atom is 0.326 e. The van der Waals surface area contributed by atoms with Crippen molar-refractivity contribution in [3.63, 3.8) is 0 Å². The van der Waals surface area contributed by atoms with E-state index in [2.05, 4.69) is 21.2 Å². The highest BCUT2D eigenvalue weighted by Crippen LogP contribution is 2.28. The number of carboxylic acid groups (broad SMARTS) is 1. The number of hydrogen-bond acceptors (Lipinski definition) is 2. The van der Waals surface area contributed by atoms with Gasteiger partial charge in [-0.2, -0.15) is 0 Å². The second-order valence-corrected chi connectivity index (χ2v) is 6.47. The van der Waals surface area contributed by atoms with Gasteiger partial charge in [0.15, 0.2) is 0 Å². The minimum atomic E-state index is -0.973. The molecule has 2 N–H and O–H groups in total. The number of halogens is 2. The molecule has 0 aliphatic carbocycles. The van der Waals surface area contributed by atoms with Crippen molar-refractivity contribution < 1.29 is 14.7 Å². The first-order valence-corrected chi connectivity index (χ1v) is 7.82. The fourth-order valence-electron chi connectivity index (χ4n) is 2.57. The van der Waals surface area contributed by atoms with Gasteiger partial charge in [-0.1, -0.05) is 34.5 Å². The van der Waals surface area contributed by atoms with Crippen molar-refractivity contribution in [1.82, 2.24) is 4.90 Å². The zero-order valence-corrected chi connectivity index (χ0v) is 13.8. The van der Waals surface area contributed by atoms with Crippen LogP contribution >= 0.6 is 27.5 Å². The maximum atomic E-state index is 12.3. The predicted molar refractivity (Wildman–Crippen MR) is 84.7 cm³/mol. The Morgan fingerprint density at radius 1 is 1.48 bits per heavy atom. The third kappa shape index (κ3) is 3.68. The van der Waals surface area contributed by atoms with Crippen LogP contribution in [0.3, 0.4) is 0 Å². The Morgan fingerprint density at radius 2 is 2.19 bits per heavy atom. The fraction of sp³-hybridized carbons (Fsp3) is 0.429. The summed E-state index contributed by atoms with van der Waals surface area (Å²) in [6, 6.07) is 3.87. The third-order valence-electron chi connectivity index (χ3n) is 3.62. The molecule has 2 rings (SSSR count). The number of rotatable bonds is 2. The number of nitrogens with zero attached hydrogens (tertiary/aromatic N) is 1. The van der Waals surface area contributed by atoms with E-state index in [0.717, 1.165) is 17.3 Å². The van der Waals surface area contributed by atoms with Crippen molar-refractivity contribution >= 4 is 45.2 Å². The molecule has 0 saturated carbocycles. The molecule has 1 aromatic carbocycles. The number of hydrogen-bond donors (Lipinski definition) is 2. The molecule has 1 aromatic rings. The van der Waals surface area contributed by atoms with Crippen molar-refractivity contribution in [3.05, 3.63) is 27.7 Å². The molecule has 0 aromatic heterocycles. The normalized spacial score (nSPS) is 22.0. The number of likely N-dealkylation sites (tertiary alicyclic amines) is 1. The summed E-state index contributed by atoms with van der Waals surface area (Å²) in [6.07, 6.45) is 1.60. The average molecular weight is 376 g/mol. The molecule has 2 atom stereocenters. The summed E-state index contributed by atoms with van der Waals surface area (Å²) >= 11 is 9.35. The van der Waals surface area contributed by atoms with E-state index in [-0.39, 0.29) is 5.92 Å². The van der Waals surface area contributed by atoms with E-state index in [0.29, 0.717) is 17.3 Å². The topological polar surface area (TPSA) is 69.6 Å². The summed E-state index contributed by atoms with van der Waals surface area (Å²) in [7, 11) is 0. The molecule has 0 radical (unpaired) electrons. The number of carboxylic acids is 1. The molecule has 2 unspecified atom stereocenters. The van der Waals surface area contributed by atoms with Crippen LogP contribution in [0.4, 0.5) is 10.5 Å². The zero-order valence-electron chi connectivity index (χ0n) is 11.5. The van der Waals surface area contributed by atoms with Crippen molar-refractivity contribution in [1.29, 1.82) is 0 Å². The first-order valence-electron chi connectivity index (χ1n) is 6.65. The van der Waals surface area contributed by atoms with Gasteiger partial charge in [-0.25, -0.2) is 9.59 Å². The van der Waals surface area contributed by atoms with Gasteiger partial charge in [-0.15, -0.1) is 0 Å². The van der Waals surface area contributed by atoms with Crippen LogP contribution in [-0.2, 0) is 4.79 Å². The van der Waals surface area contributed by atoms with Crippen molar-refractivity contribution in [3.8, 4) is 0 Å². The summed E-state index contributed by atoms with van der Waals surface area (Å²) < 4.78 is 0.806. The molecule has 1 heterocycles. The molecule has 5 nitrogen and oxygen atoms in total. The Morgan fingerprint density at radius 3 is 2.81 bits per heavy atom. The smallest absolute Gasteiger partial charge is 0.326 e. The fourth-order valence-corrected chi connectivity index (χ4v) is 3.29. The standard InChI is InChI=1S/C14H16BrClN2O3/c1-8-3-2-6-18(12(8)13(19)20)14(21)17-11-5-4-9(15)7-10(11)16/h4-5,7-8,12H,2-3,6H2,1H3,(H,17,21)(H,19,20). The van der Waals surface area contributed by atoms with E-state index in [1.54, 1.807) is 18.2 Å². The van der Waals surface area contributed by atoms with Crippen LogP contribution in [0.2, 0.25) is 5.02 Å². The number of benzene rings is 1. The van der Waals surface area contributed by atoms with Crippen LogP contribution < -0.4 is 5.32 Å². The number of urea groups is 1. The lowest BCUT2D eigenvalue weighted by Crippen LogP contribution is -2.53. The molecule has 7 heteroatoms. The quantitative estimate of drug-likeness (QED) is 0.825. The molecule has 1 aliphatic heterocycles. The molecule has 1 saturated heterocycles. The monoisotopic (exact) mass is 374 g/mol. The van der Waals surface area contributed by atoms with E-state index < -0.39 is 18.0 Å². The summed E-state index contributed by atoms with van der Waals surface area (Å²) in [5.74, 6) is -1.04. The summed E-state index contributed by atoms with van der Waals surface area (Å²) in [5.41, 5.74) is 0.465. The zero-order chi connectivity index (χ0) is 15.6. The Kier molecular flexibility index (Phi) is 5.11. The molecule has 2 amide bonds. The molecule has 0 bridgehead atoms. The van der Waals surface area contributed by atoms with Crippen LogP contribution in [0.5, 0.6) is 0 Å². The third-order valence-corrected chi connectivity index (χ3v) is 4.43. The summed E-state index contributed by atoms with van der Waals surface area (Å²) in [4.78, 5) is 25.1. The molecule has 0 spiro atoms. The maximum absolute atomic E-state index is 12.3. The minimum Gasteiger partial charge on any atom is -0.480 e. The molecular formula is C14H16BrClN2O3. The van der Waals surface area contributed by atoms with E-state index >= 15 is 0 Å². The second-order valence-electron chi connectivity index (χ2n) is 5.15. The number of aliphatic carboxylic acids is 1. The Labute approximate surface area is 136 Å². The second kappa shape index (κ2) is 6.66. The summed E-state index contributed by atoms with van der Waals surface area (Å²) in [5, 5.41) is 12.4. The Hall–Kier alpha value is -1.27. The van der Waals surface area contributed by atoms with Crippen LogP contribution in [0.25, 0.3) is 0 Å². The predicted octanol–water partition coefficient (Wildman–Crippen LogP) is 3.82. The van der Waals surface area contributed by atoms with Gasteiger partial charge >= 0.3 is 12.0 Å². The van der Waals surface area contributed by atoms with Crippen LogP contribution in [0, 0.1) is 5.92 Å². The summed E-state index contributed by atoms with van der Waals surface area (Å²) in [6.45, 7) is 2.28. The minimum absolute atomic E-state index is 0.0672. The van der Waals surface area contributed by atoms with Crippen LogP contribution in [0.1, 0.15) is 19.8 Å². The van der Waals surface area contributed by atoms with E-state index in [1.165, 1.54) is 4.90 Å².